The topological polar surface area (TPSA) is 115 Å². The van der Waals surface area contributed by atoms with Gasteiger partial charge in [-0.05, 0) is 38.3 Å². The van der Waals surface area contributed by atoms with Crippen LogP contribution in [0.25, 0.3) is 0 Å². The van der Waals surface area contributed by atoms with E-state index in [1.54, 1.807) is 19.2 Å². The van der Waals surface area contributed by atoms with Crippen molar-refractivity contribution in [3.63, 3.8) is 0 Å². The Morgan fingerprint density at radius 1 is 1.36 bits per heavy atom. The first-order chi connectivity index (χ1) is 11.9. The molecule has 2 heterocycles. The van der Waals surface area contributed by atoms with Crippen molar-refractivity contribution in [3.05, 3.63) is 45.6 Å². The maximum absolute atomic E-state index is 12.5. The zero-order valence-electron chi connectivity index (χ0n) is 14.4. The first-order valence-electron chi connectivity index (χ1n) is 8.25. The zero-order chi connectivity index (χ0) is 18.0. The van der Waals surface area contributed by atoms with E-state index in [0.717, 1.165) is 24.1 Å². The van der Waals surface area contributed by atoms with E-state index in [4.69, 9.17) is 5.73 Å². The minimum atomic E-state index is -0.271. The highest BCUT2D eigenvalue weighted by molar-refractivity contribution is 5.75. The van der Waals surface area contributed by atoms with Gasteiger partial charge in [-0.2, -0.15) is 0 Å². The maximum atomic E-state index is 12.5. The molecule has 0 aromatic carbocycles. The summed E-state index contributed by atoms with van der Waals surface area (Å²) in [6.07, 6.45) is 3.70. The summed E-state index contributed by atoms with van der Waals surface area (Å²) in [5.41, 5.74) is 7.66. The van der Waals surface area contributed by atoms with Gasteiger partial charge in [-0.3, -0.25) is 14.2 Å². The second-order valence-electron chi connectivity index (χ2n) is 6.32. The molecule has 0 atom stereocenters. The standard InChI is InChI=1S/C17H22N6O2/c1-10-7-20-16(22-13-4-5-13)17(25)23(10)9-15(24)19-8-12-3-6-14(18)21-11(12)2/h3,6-7,13H,4-5,8-9H2,1-2H3,(H2,18,21)(H,19,24)(H,20,22). The number of anilines is 2. The van der Waals surface area contributed by atoms with Crippen molar-refractivity contribution >= 4 is 17.5 Å². The van der Waals surface area contributed by atoms with Gasteiger partial charge in [-0.15, -0.1) is 0 Å². The molecule has 0 bridgehead atoms. The number of rotatable bonds is 6. The fourth-order valence-corrected chi connectivity index (χ4v) is 2.48. The zero-order valence-corrected chi connectivity index (χ0v) is 14.4. The summed E-state index contributed by atoms with van der Waals surface area (Å²) in [6, 6.07) is 3.85. The van der Waals surface area contributed by atoms with Crippen molar-refractivity contribution in [1.29, 1.82) is 0 Å². The lowest BCUT2D eigenvalue weighted by Crippen LogP contribution is -2.34. The number of pyridine rings is 1. The van der Waals surface area contributed by atoms with Crippen molar-refractivity contribution in [2.75, 3.05) is 11.1 Å². The number of nitrogen functional groups attached to an aromatic ring is 1. The number of nitrogens with one attached hydrogen (secondary N) is 2. The highest BCUT2D eigenvalue weighted by Gasteiger charge is 2.23. The third kappa shape index (κ3) is 4.14. The molecule has 2 aromatic rings. The second-order valence-corrected chi connectivity index (χ2v) is 6.32. The SMILES string of the molecule is Cc1nc(N)ccc1CNC(=O)Cn1c(C)cnc(NC2CC2)c1=O. The smallest absolute Gasteiger partial charge is 0.293 e. The predicted molar refractivity (Wildman–Crippen MR) is 95.1 cm³/mol. The van der Waals surface area contributed by atoms with Crippen LogP contribution in [-0.4, -0.2) is 26.5 Å². The van der Waals surface area contributed by atoms with Crippen LogP contribution in [0.1, 0.15) is 29.8 Å². The summed E-state index contributed by atoms with van der Waals surface area (Å²) in [6.45, 7) is 3.89. The van der Waals surface area contributed by atoms with Gasteiger partial charge < -0.3 is 16.4 Å². The third-order valence-electron chi connectivity index (χ3n) is 4.17. The molecule has 0 aliphatic heterocycles. The minimum Gasteiger partial charge on any atom is -0.384 e. The van der Waals surface area contributed by atoms with Crippen LogP contribution in [-0.2, 0) is 17.9 Å². The maximum Gasteiger partial charge on any atom is 0.293 e. The molecular weight excluding hydrogens is 320 g/mol. The van der Waals surface area contributed by atoms with Gasteiger partial charge >= 0.3 is 0 Å². The van der Waals surface area contributed by atoms with Crippen molar-refractivity contribution in [2.24, 2.45) is 0 Å². The quantitative estimate of drug-likeness (QED) is 0.713. The van der Waals surface area contributed by atoms with Gasteiger partial charge in [0.05, 0.1) is 0 Å². The van der Waals surface area contributed by atoms with Gasteiger partial charge in [0.15, 0.2) is 5.82 Å². The van der Waals surface area contributed by atoms with Crippen LogP contribution in [0.15, 0.2) is 23.1 Å². The Morgan fingerprint density at radius 2 is 2.12 bits per heavy atom. The molecule has 0 unspecified atom stereocenters. The normalized spacial score (nSPS) is 13.5. The molecule has 4 N–H and O–H groups in total. The van der Waals surface area contributed by atoms with Crippen molar-refractivity contribution < 1.29 is 4.79 Å². The monoisotopic (exact) mass is 342 g/mol. The number of hydrogen-bond donors (Lipinski definition) is 3. The van der Waals surface area contributed by atoms with E-state index in [0.29, 0.717) is 29.9 Å². The summed E-state index contributed by atoms with van der Waals surface area (Å²) in [5, 5.41) is 5.91. The Hall–Kier alpha value is -2.90. The largest absolute Gasteiger partial charge is 0.384 e. The molecule has 1 aliphatic carbocycles. The number of carbonyl (C=O) groups excluding carboxylic acids is 1. The predicted octanol–water partition coefficient (Wildman–Crippen LogP) is 0.728. The van der Waals surface area contributed by atoms with Crippen molar-refractivity contribution in [2.45, 2.75) is 45.8 Å². The molecule has 0 spiro atoms. The average Bonchev–Trinajstić information content (AvgIpc) is 3.37. The Morgan fingerprint density at radius 3 is 2.80 bits per heavy atom. The molecule has 0 saturated heterocycles. The highest BCUT2D eigenvalue weighted by Crippen LogP contribution is 2.22. The Labute approximate surface area is 145 Å². The van der Waals surface area contributed by atoms with Crippen LogP contribution in [0.4, 0.5) is 11.6 Å². The number of aromatic nitrogens is 3. The van der Waals surface area contributed by atoms with Gasteiger partial charge in [0, 0.05) is 30.2 Å². The van der Waals surface area contributed by atoms with E-state index in [9.17, 15) is 9.59 Å². The number of carbonyl (C=O) groups is 1. The molecule has 8 heteroatoms. The molecule has 1 fully saturated rings. The molecule has 1 amide bonds. The van der Waals surface area contributed by atoms with Crippen LogP contribution >= 0.6 is 0 Å². The second kappa shape index (κ2) is 6.92. The Balaban J connectivity index is 1.67. The van der Waals surface area contributed by atoms with E-state index in [2.05, 4.69) is 20.6 Å². The Kier molecular flexibility index (Phi) is 4.69. The summed E-state index contributed by atoms with van der Waals surface area (Å²) >= 11 is 0. The van der Waals surface area contributed by atoms with Gasteiger partial charge in [-0.1, -0.05) is 6.07 Å². The minimum absolute atomic E-state index is 0.0476. The van der Waals surface area contributed by atoms with E-state index in [1.807, 2.05) is 13.0 Å². The van der Waals surface area contributed by atoms with Crippen LogP contribution in [0.5, 0.6) is 0 Å². The number of aryl methyl sites for hydroxylation is 2. The van der Waals surface area contributed by atoms with E-state index in [-0.39, 0.29) is 18.0 Å². The number of hydrogen-bond acceptors (Lipinski definition) is 6. The lowest BCUT2D eigenvalue weighted by atomic mass is 10.2. The molecule has 25 heavy (non-hydrogen) atoms. The molecule has 0 radical (unpaired) electrons. The van der Waals surface area contributed by atoms with E-state index >= 15 is 0 Å². The lowest BCUT2D eigenvalue weighted by Gasteiger charge is -2.13. The lowest BCUT2D eigenvalue weighted by molar-refractivity contribution is -0.121. The molecule has 1 aliphatic rings. The first kappa shape index (κ1) is 16.9. The fourth-order valence-electron chi connectivity index (χ4n) is 2.48. The summed E-state index contributed by atoms with van der Waals surface area (Å²) in [4.78, 5) is 33.1. The van der Waals surface area contributed by atoms with Crippen LogP contribution in [0, 0.1) is 13.8 Å². The average molecular weight is 342 g/mol. The van der Waals surface area contributed by atoms with Gasteiger partial charge in [0.1, 0.15) is 12.4 Å². The number of nitrogens with two attached hydrogens (primary N) is 1. The van der Waals surface area contributed by atoms with Crippen molar-refractivity contribution in [1.82, 2.24) is 19.9 Å². The van der Waals surface area contributed by atoms with Gasteiger partial charge in [0.2, 0.25) is 5.91 Å². The Bertz CT molecular complexity index is 857. The number of nitrogens with zero attached hydrogens (tertiary/aromatic N) is 3. The van der Waals surface area contributed by atoms with Crippen LogP contribution in [0.2, 0.25) is 0 Å². The fraction of sp³-hybridized carbons (Fsp3) is 0.412. The van der Waals surface area contributed by atoms with E-state index < -0.39 is 0 Å². The summed E-state index contributed by atoms with van der Waals surface area (Å²) < 4.78 is 1.43. The highest BCUT2D eigenvalue weighted by atomic mass is 16.2. The van der Waals surface area contributed by atoms with Gasteiger partial charge in [-0.25, -0.2) is 9.97 Å². The number of amides is 1. The summed E-state index contributed by atoms with van der Waals surface area (Å²) in [5.74, 6) is 0.506. The third-order valence-corrected chi connectivity index (χ3v) is 4.17. The van der Waals surface area contributed by atoms with E-state index in [1.165, 1.54) is 4.57 Å². The summed E-state index contributed by atoms with van der Waals surface area (Å²) in [7, 11) is 0. The molecule has 3 rings (SSSR count). The van der Waals surface area contributed by atoms with Gasteiger partial charge in [0.25, 0.3) is 5.56 Å². The molecule has 132 valence electrons. The van der Waals surface area contributed by atoms with Crippen molar-refractivity contribution in [3.8, 4) is 0 Å². The molecule has 1 saturated carbocycles. The molecule has 2 aromatic heterocycles. The first-order valence-corrected chi connectivity index (χ1v) is 8.25. The van der Waals surface area contributed by atoms with Crippen LogP contribution < -0.4 is 21.9 Å². The molecular formula is C17H22N6O2. The van der Waals surface area contributed by atoms with Crippen LogP contribution in [0.3, 0.4) is 0 Å². The molecule has 8 nitrogen and oxygen atoms in total.